The molecule has 1 N–H and O–H groups in total. The molecule has 0 unspecified atom stereocenters. The minimum Gasteiger partial charge on any atom is -0.367 e. The van der Waals surface area contributed by atoms with Crippen LogP contribution in [0.25, 0.3) is 0 Å². The number of hydrogen-bond donors (Lipinski definition) is 1. The number of anilines is 2. The molecule has 0 spiro atoms. The van der Waals surface area contributed by atoms with Gasteiger partial charge in [-0.05, 0) is 44.3 Å². The number of halogens is 3. The van der Waals surface area contributed by atoms with Crippen LogP contribution in [0.3, 0.4) is 0 Å². The zero-order valence-corrected chi connectivity index (χ0v) is 15.4. The highest BCUT2D eigenvalue weighted by molar-refractivity contribution is 7.14. The molecule has 1 aromatic heterocycles. The van der Waals surface area contributed by atoms with Crippen LogP contribution in [-0.2, 0) is 6.18 Å². The molecule has 1 amide bonds. The van der Waals surface area contributed by atoms with E-state index in [0.717, 1.165) is 30.1 Å². The Morgan fingerprint density at radius 2 is 1.81 bits per heavy atom. The van der Waals surface area contributed by atoms with E-state index in [-0.39, 0.29) is 5.69 Å². The first-order valence-electron chi connectivity index (χ1n) is 8.26. The molecule has 26 heavy (non-hydrogen) atoms. The first-order chi connectivity index (χ1) is 12.2. The second kappa shape index (κ2) is 7.28. The molecule has 2 heterocycles. The Kier molecular flexibility index (Phi) is 5.24. The van der Waals surface area contributed by atoms with Crippen molar-refractivity contribution in [2.24, 2.45) is 0 Å². The number of nitrogens with one attached hydrogen (secondary N) is 1. The number of aryl methyl sites for hydroxylation is 1. The van der Waals surface area contributed by atoms with Gasteiger partial charge in [-0.15, -0.1) is 11.3 Å². The summed E-state index contributed by atoms with van der Waals surface area (Å²) in [7, 11) is 2.01. The van der Waals surface area contributed by atoms with Gasteiger partial charge in [-0.3, -0.25) is 4.79 Å². The van der Waals surface area contributed by atoms with Crippen LogP contribution >= 0.6 is 11.3 Å². The Labute approximate surface area is 154 Å². The van der Waals surface area contributed by atoms with Gasteiger partial charge < -0.3 is 15.1 Å². The van der Waals surface area contributed by atoms with Gasteiger partial charge in [0.25, 0.3) is 5.91 Å². The quantitative estimate of drug-likeness (QED) is 0.868. The summed E-state index contributed by atoms with van der Waals surface area (Å²) in [4.78, 5) is 18.1. The van der Waals surface area contributed by atoms with E-state index in [4.69, 9.17) is 0 Å². The molecule has 0 atom stereocenters. The van der Waals surface area contributed by atoms with Crippen LogP contribution in [0, 0.1) is 6.92 Å². The van der Waals surface area contributed by atoms with E-state index in [1.165, 1.54) is 17.4 Å². The van der Waals surface area contributed by atoms with Crippen molar-refractivity contribution in [3.63, 3.8) is 0 Å². The van der Waals surface area contributed by atoms with Crippen LogP contribution in [0.1, 0.15) is 20.1 Å². The van der Waals surface area contributed by atoms with Crippen LogP contribution in [0.5, 0.6) is 0 Å². The molecular weight excluding hydrogens is 363 g/mol. The zero-order valence-electron chi connectivity index (χ0n) is 14.6. The molecule has 2 aromatic rings. The zero-order chi connectivity index (χ0) is 18.9. The summed E-state index contributed by atoms with van der Waals surface area (Å²) >= 11 is 1.31. The van der Waals surface area contributed by atoms with Gasteiger partial charge in [0.05, 0.1) is 21.8 Å². The van der Waals surface area contributed by atoms with Crippen molar-refractivity contribution in [3.05, 3.63) is 45.6 Å². The summed E-state index contributed by atoms with van der Waals surface area (Å²) in [5, 5.41) is 2.68. The maximum absolute atomic E-state index is 13.1. The number of amides is 1. The summed E-state index contributed by atoms with van der Waals surface area (Å²) in [6.45, 7) is 4.91. The van der Waals surface area contributed by atoms with Gasteiger partial charge >= 0.3 is 6.18 Å². The minimum absolute atomic E-state index is 0.195. The highest BCUT2D eigenvalue weighted by atomic mass is 32.1. The number of hydrogen-bond acceptors (Lipinski definition) is 4. The molecule has 8 heteroatoms. The van der Waals surface area contributed by atoms with Crippen molar-refractivity contribution in [2.45, 2.75) is 13.1 Å². The third-order valence-electron chi connectivity index (χ3n) is 4.38. The largest absolute Gasteiger partial charge is 0.416 e. The second-order valence-corrected chi connectivity index (χ2v) is 7.67. The lowest BCUT2D eigenvalue weighted by Gasteiger charge is -2.35. The van der Waals surface area contributed by atoms with Crippen molar-refractivity contribution in [3.8, 4) is 0 Å². The first kappa shape index (κ1) is 18.7. The molecule has 1 aliphatic rings. The number of likely N-dealkylation sites (N-methyl/N-ethyl adjacent to an activating group) is 1. The van der Waals surface area contributed by atoms with Crippen molar-refractivity contribution >= 4 is 28.6 Å². The summed E-state index contributed by atoms with van der Waals surface area (Å²) in [5.74, 6) is -0.391. The van der Waals surface area contributed by atoms with E-state index in [2.05, 4.69) is 10.2 Å². The van der Waals surface area contributed by atoms with Gasteiger partial charge in [-0.25, -0.2) is 0 Å². The third-order valence-corrected chi connectivity index (χ3v) is 5.38. The first-order valence-corrected chi connectivity index (χ1v) is 9.08. The molecule has 1 saturated heterocycles. The number of piperazine rings is 1. The number of carbonyl (C=O) groups excluding carboxylic acids is 1. The molecule has 4 nitrogen and oxygen atoms in total. The summed E-state index contributed by atoms with van der Waals surface area (Å²) in [6, 6.07) is 7.03. The normalized spacial score (nSPS) is 16.0. The third kappa shape index (κ3) is 4.19. The van der Waals surface area contributed by atoms with Crippen molar-refractivity contribution in [1.82, 2.24) is 4.90 Å². The van der Waals surface area contributed by atoms with Crippen LogP contribution in [0.15, 0.2) is 30.3 Å². The lowest BCUT2D eigenvalue weighted by atomic mass is 10.1. The average Bonchev–Trinajstić information content (AvgIpc) is 3.01. The highest BCUT2D eigenvalue weighted by Crippen LogP contribution is 2.36. The molecule has 140 valence electrons. The Morgan fingerprint density at radius 1 is 1.12 bits per heavy atom. The summed E-state index contributed by atoms with van der Waals surface area (Å²) in [6.07, 6.45) is -4.46. The van der Waals surface area contributed by atoms with Gasteiger partial charge in [0.15, 0.2) is 0 Å². The molecule has 0 bridgehead atoms. The Morgan fingerprint density at radius 3 is 2.38 bits per heavy atom. The number of nitrogens with zero attached hydrogens (tertiary/aromatic N) is 2. The van der Waals surface area contributed by atoms with Crippen molar-refractivity contribution in [1.29, 1.82) is 0 Å². The predicted molar refractivity (Wildman–Crippen MR) is 98.2 cm³/mol. The van der Waals surface area contributed by atoms with E-state index in [1.54, 1.807) is 6.07 Å². The minimum atomic E-state index is -4.46. The predicted octanol–water partition coefficient (Wildman–Crippen LogP) is 4.08. The number of thiophene rings is 1. The molecular formula is C18H20F3N3OS. The van der Waals surface area contributed by atoms with E-state index in [1.807, 2.05) is 24.9 Å². The fraction of sp³-hybridized carbons (Fsp3) is 0.389. The maximum Gasteiger partial charge on any atom is 0.416 e. The standard InChI is InChI=1S/C18H20F3N3OS/c1-12-3-6-16(26-12)17(25)22-14-11-13(18(19,20)21)4-5-15(14)24-9-7-23(2)8-10-24/h3-6,11H,7-10H2,1-2H3,(H,22,25). The maximum atomic E-state index is 13.1. The van der Waals surface area contributed by atoms with Crippen LogP contribution < -0.4 is 10.2 Å². The van der Waals surface area contributed by atoms with Gasteiger partial charge in [0.2, 0.25) is 0 Å². The second-order valence-electron chi connectivity index (χ2n) is 6.38. The highest BCUT2D eigenvalue weighted by Gasteiger charge is 2.32. The smallest absolute Gasteiger partial charge is 0.367 e. The molecule has 0 radical (unpaired) electrons. The fourth-order valence-electron chi connectivity index (χ4n) is 2.88. The molecule has 1 fully saturated rings. The lowest BCUT2D eigenvalue weighted by Crippen LogP contribution is -2.44. The van der Waals surface area contributed by atoms with Gasteiger partial charge in [0.1, 0.15) is 0 Å². The lowest BCUT2D eigenvalue weighted by molar-refractivity contribution is -0.137. The number of carbonyl (C=O) groups is 1. The van der Waals surface area contributed by atoms with Crippen LogP contribution in [-0.4, -0.2) is 44.0 Å². The van der Waals surface area contributed by atoms with E-state index in [9.17, 15) is 18.0 Å². The molecule has 0 saturated carbocycles. The molecule has 1 aromatic carbocycles. The Bertz CT molecular complexity index is 795. The summed E-state index contributed by atoms with van der Waals surface area (Å²) in [5.41, 5.74) is 0.0428. The Balaban J connectivity index is 1.92. The van der Waals surface area contributed by atoms with Crippen LogP contribution in [0.2, 0.25) is 0 Å². The van der Waals surface area contributed by atoms with Gasteiger partial charge in [-0.2, -0.15) is 13.2 Å². The van der Waals surface area contributed by atoms with Crippen molar-refractivity contribution in [2.75, 3.05) is 43.4 Å². The molecule has 3 rings (SSSR count). The monoisotopic (exact) mass is 383 g/mol. The molecule has 1 aliphatic heterocycles. The number of alkyl halides is 3. The number of benzene rings is 1. The summed E-state index contributed by atoms with van der Waals surface area (Å²) < 4.78 is 39.4. The number of rotatable bonds is 3. The van der Waals surface area contributed by atoms with E-state index < -0.39 is 17.6 Å². The topological polar surface area (TPSA) is 35.6 Å². The van der Waals surface area contributed by atoms with Crippen LogP contribution in [0.4, 0.5) is 24.5 Å². The van der Waals surface area contributed by atoms with E-state index >= 15 is 0 Å². The fourth-order valence-corrected chi connectivity index (χ4v) is 3.64. The van der Waals surface area contributed by atoms with E-state index in [0.29, 0.717) is 23.7 Å². The Hall–Kier alpha value is -2.06. The molecule has 0 aliphatic carbocycles. The average molecular weight is 383 g/mol. The van der Waals surface area contributed by atoms with Gasteiger partial charge in [-0.1, -0.05) is 0 Å². The SMILES string of the molecule is Cc1ccc(C(=O)Nc2cc(C(F)(F)F)ccc2N2CCN(C)CC2)s1. The van der Waals surface area contributed by atoms with Crippen molar-refractivity contribution < 1.29 is 18.0 Å². The van der Waals surface area contributed by atoms with Gasteiger partial charge in [0, 0.05) is 31.1 Å².